The fourth-order valence-corrected chi connectivity index (χ4v) is 3.97. The summed E-state index contributed by atoms with van der Waals surface area (Å²) < 4.78 is 26.0. The van der Waals surface area contributed by atoms with E-state index in [1.165, 1.54) is 13.2 Å². The fraction of sp³-hybridized carbons (Fsp3) is 0.471. The molecule has 0 amide bonds. The highest BCUT2D eigenvalue weighted by atomic mass is 19.1. The number of benzene rings is 1. The topological polar surface area (TPSA) is 38.8 Å². The van der Waals surface area contributed by atoms with Crippen LogP contribution in [-0.2, 0) is 16.8 Å². The highest BCUT2D eigenvalue weighted by Crippen LogP contribution is 2.55. The molecule has 2 atom stereocenters. The van der Waals surface area contributed by atoms with Crippen molar-refractivity contribution in [2.45, 2.75) is 30.9 Å². The predicted octanol–water partition coefficient (Wildman–Crippen LogP) is 2.20. The summed E-state index contributed by atoms with van der Waals surface area (Å²) in [6, 6.07) is 1.39. The second-order valence-electron chi connectivity index (χ2n) is 6.38. The molecule has 2 aliphatic heterocycles. The Labute approximate surface area is 128 Å². The molecule has 0 N–H and O–H groups in total. The average Bonchev–Trinajstić information content (AvgIpc) is 2.74. The van der Waals surface area contributed by atoms with Gasteiger partial charge in [-0.15, -0.1) is 0 Å². The number of rotatable bonds is 1. The van der Waals surface area contributed by atoms with Crippen LogP contribution >= 0.6 is 0 Å². The minimum Gasteiger partial charge on any atom is -0.493 e. The third kappa shape index (κ3) is 1.69. The van der Waals surface area contributed by atoms with E-state index in [4.69, 9.17) is 9.47 Å². The molecular formula is C17H18FNO3. The SMILES string of the molecule is COc1cc(F)c2c3c1OC1CC(=O)C=C[C@@]31CCN(C)C2. The molecular weight excluding hydrogens is 285 g/mol. The molecule has 22 heavy (non-hydrogen) atoms. The minimum atomic E-state index is -0.418. The largest absolute Gasteiger partial charge is 0.493 e. The Balaban J connectivity index is 2.02. The summed E-state index contributed by atoms with van der Waals surface area (Å²) in [6.45, 7) is 1.37. The lowest BCUT2D eigenvalue weighted by Gasteiger charge is -2.33. The van der Waals surface area contributed by atoms with E-state index in [1.807, 2.05) is 13.1 Å². The monoisotopic (exact) mass is 303 g/mol. The van der Waals surface area contributed by atoms with E-state index in [1.54, 1.807) is 6.08 Å². The van der Waals surface area contributed by atoms with Crippen molar-refractivity contribution in [1.29, 1.82) is 0 Å². The maximum Gasteiger partial charge on any atom is 0.166 e. The summed E-state index contributed by atoms with van der Waals surface area (Å²) in [4.78, 5) is 13.9. The first-order valence-corrected chi connectivity index (χ1v) is 7.52. The van der Waals surface area contributed by atoms with Crippen molar-refractivity contribution in [3.63, 3.8) is 0 Å². The summed E-state index contributed by atoms with van der Waals surface area (Å²) in [5, 5.41) is 0. The smallest absolute Gasteiger partial charge is 0.166 e. The molecule has 0 aromatic heterocycles. The van der Waals surface area contributed by atoms with Crippen LogP contribution in [0, 0.1) is 5.82 Å². The van der Waals surface area contributed by atoms with Crippen LogP contribution in [0.1, 0.15) is 24.0 Å². The molecule has 1 unspecified atom stereocenters. The summed E-state index contributed by atoms with van der Waals surface area (Å²) in [7, 11) is 3.50. The lowest BCUT2D eigenvalue weighted by molar-refractivity contribution is -0.117. The van der Waals surface area contributed by atoms with Crippen LogP contribution in [0.4, 0.5) is 4.39 Å². The van der Waals surface area contributed by atoms with Crippen molar-refractivity contribution in [3.8, 4) is 11.5 Å². The molecule has 3 aliphatic rings. The quantitative estimate of drug-likeness (QED) is 0.797. The van der Waals surface area contributed by atoms with Crippen LogP contribution in [0.3, 0.4) is 0 Å². The number of hydrogen-bond donors (Lipinski definition) is 0. The van der Waals surface area contributed by atoms with Gasteiger partial charge >= 0.3 is 0 Å². The van der Waals surface area contributed by atoms with Crippen LogP contribution in [0.15, 0.2) is 18.2 Å². The second-order valence-corrected chi connectivity index (χ2v) is 6.38. The molecule has 0 fully saturated rings. The number of halogens is 1. The van der Waals surface area contributed by atoms with E-state index in [9.17, 15) is 9.18 Å². The second kappa shape index (κ2) is 4.56. The molecule has 1 aromatic rings. The van der Waals surface area contributed by atoms with Gasteiger partial charge < -0.3 is 14.4 Å². The van der Waals surface area contributed by atoms with Gasteiger partial charge in [-0.1, -0.05) is 6.08 Å². The molecule has 0 radical (unpaired) electrons. The Kier molecular flexibility index (Phi) is 2.85. The fourth-order valence-electron chi connectivity index (χ4n) is 3.97. The molecule has 0 saturated carbocycles. The number of allylic oxidation sites excluding steroid dienone is 1. The summed E-state index contributed by atoms with van der Waals surface area (Å²) >= 11 is 0. The number of nitrogens with zero attached hydrogens (tertiary/aromatic N) is 1. The number of ether oxygens (including phenoxy) is 2. The Morgan fingerprint density at radius 2 is 2.32 bits per heavy atom. The van der Waals surface area contributed by atoms with Crippen molar-refractivity contribution >= 4 is 5.78 Å². The average molecular weight is 303 g/mol. The van der Waals surface area contributed by atoms with E-state index in [0.29, 0.717) is 30.0 Å². The zero-order valence-corrected chi connectivity index (χ0v) is 12.7. The van der Waals surface area contributed by atoms with Gasteiger partial charge in [0.15, 0.2) is 17.3 Å². The predicted molar refractivity (Wildman–Crippen MR) is 78.8 cm³/mol. The van der Waals surface area contributed by atoms with E-state index in [0.717, 1.165) is 18.5 Å². The van der Waals surface area contributed by atoms with Crippen LogP contribution in [0.25, 0.3) is 0 Å². The van der Waals surface area contributed by atoms with Crippen LogP contribution < -0.4 is 9.47 Å². The third-order valence-electron chi connectivity index (χ3n) is 5.11. The van der Waals surface area contributed by atoms with E-state index in [2.05, 4.69) is 4.90 Å². The van der Waals surface area contributed by atoms with E-state index in [-0.39, 0.29) is 17.7 Å². The molecule has 4 nitrogen and oxygen atoms in total. The lowest BCUT2D eigenvalue weighted by Crippen LogP contribution is -2.41. The maximum atomic E-state index is 14.6. The molecule has 2 heterocycles. The van der Waals surface area contributed by atoms with Gasteiger partial charge in [0.05, 0.1) is 12.5 Å². The molecule has 1 aliphatic carbocycles. The van der Waals surface area contributed by atoms with Gasteiger partial charge in [-0.2, -0.15) is 0 Å². The molecule has 0 bridgehead atoms. The van der Waals surface area contributed by atoms with Gasteiger partial charge in [-0.25, -0.2) is 4.39 Å². The summed E-state index contributed by atoms with van der Waals surface area (Å²) in [5.74, 6) is 0.814. The number of ketones is 1. The van der Waals surface area contributed by atoms with E-state index < -0.39 is 5.41 Å². The van der Waals surface area contributed by atoms with Crippen LogP contribution in [0.2, 0.25) is 0 Å². The molecule has 1 aromatic carbocycles. The maximum absolute atomic E-state index is 14.6. The Morgan fingerprint density at radius 1 is 1.50 bits per heavy atom. The zero-order chi connectivity index (χ0) is 15.5. The molecule has 4 rings (SSSR count). The van der Waals surface area contributed by atoms with Gasteiger partial charge in [0.1, 0.15) is 11.9 Å². The first kappa shape index (κ1) is 13.8. The first-order chi connectivity index (χ1) is 10.5. The highest BCUT2D eigenvalue weighted by molar-refractivity contribution is 5.92. The lowest BCUT2D eigenvalue weighted by atomic mass is 9.69. The number of carbonyl (C=O) groups is 1. The molecule has 5 heteroatoms. The van der Waals surface area contributed by atoms with Gasteiger partial charge in [-0.3, -0.25) is 4.79 Å². The minimum absolute atomic E-state index is 0.0574. The first-order valence-electron chi connectivity index (χ1n) is 7.52. The van der Waals surface area contributed by atoms with Crippen molar-refractivity contribution in [1.82, 2.24) is 4.90 Å². The number of carbonyl (C=O) groups excluding carboxylic acids is 1. The van der Waals surface area contributed by atoms with Crippen molar-refractivity contribution in [2.75, 3.05) is 20.7 Å². The van der Waals surface area contributed by atoms with Crippen LogP contribution in [0.5, 0.6) is 11.5 Å². The van der Waals surface area contributed by atoms with Crippen molar-refractivity contribution in [3.05, 3.63) is 35.2 Å². The van der Waals surface area contributed by atoms with Gasteiger partial charge in [-0.05, 0) is 26.1 Å². The normalized spacial score (nSPS) is 29.6. The molecule has 116 valence electrons. The summed E-state index contributed by atoms with van der Waals surface area (Å²) in [5.41, 5.74) is 1.12. The summed E-state index contributed by atoms with van der Waals surface area (Å²) in [6.07, 6.45) is 4.43. The standard InChI is InChI=1S/C17H18FNO3/c1-19-6-5-17-4-3-10(20)7-14(17)22-16-13(21-2)8-12(18)11(9-19)15(16)17/h3-4,8,14H,5-7,9H2,1-2H3/t14?,17-/m0/s1. The van der Waals surface area contributed by atoms with Crippen LogP contribution in [-0.4, -0.2) is 37.5 Å². The van der Waals surface area contributed by atoms with Gasteiger partial charge in [0.2, 0.25) is 0 Å². The molecule has 0 saturated heterocycles. The molecule has 1 spiro atoms. The van der Waals surface area contributed by atoms with E-state index >= 15 is 0 Å². The third-order valence-corrected chi connectivity index (χ3v) is 5.11. The Bertz CT molecular complexity index is 700. The number of methoxy groups -OCH3 is 1. The number of hydrogen-bond acceptors (Lipinski definition) is 4. The van der Waals surface area contributed by atoms with Crippen molar-refractivity contribution in [2.24, 2.45) is 0 Å². The van der Waals surface area contributed by atoms with Crippen molar-refractivity contribution < 1.29 is 18.7 Å². The Hall–Kier alpha value is -1.88. The highest BCUT2D eigenvalue weighted by Gasteiger charge is 2.53. The van der Waals surface area contributed by atoms with Gasteiger partial charge in [0, 0.05) is 30.2 Å². The zero-order valence-electron chi connectivity index (χ0n) is 12.7. The van der Waals surface area contributed by atoms with Gasteiger partial charge in [0.25, 0.3) is 0 Å². The Morgan fingerprint density at radius 3 is 3.09 bits per heavy atom.